The maximum Gasteiger partial charge on any atom is 0.315 e. The Labute approximate surface area is 179 Å². The normalized spacial score (nSPS) is 11.0. The van der Waals surface area contributed by atoms with Crippen LogP contribution in [0.2, 0.25) is 0 Å². The van der Waals surface area contributed by atoms with Crippen molar-refractivity contribution in [1.29, 1.82) is 0 Å². The summed E-state index contributed by atoms with van der Waals surface area (Å²) in [5, 5.41) is 36.5. The smallest absolute Gasteiger partial charge is 0.315 e. The molecule has 1 amide bonds. The van der Waals surface area contributed by atoms with Crippen molar-refractivity contribution in [3.8, 4) is 17.4 Å². The summed E-state index contributed by atoms with van der Waals surface area (Å²) < 4.78 is 6.30. The van der Waals surface area contributed by atoms with Gasteiger partial charge in [-0.2, -0.15) is 14.9 Å². The summed E-state index contributed by atoms with van der Waals surface area (Å²) in [6.45, 7) is 4.95. The fraction of sp³-hybridized carbons (Fsp3) is 0.222. The van der Waals surface area contributed by atoms with Gasteiger partial charge < -0.3 is 9.84 Å². The van der Waals surface area contributed by atoms with Gasteiger partial charge in [0.1, 0.15) is 11.4 Å². The fourth-order valence-corrected chi connectivity index (χ4v) is 2.62. The lowest BCUT2D eigenvalue weighted by atomic mass is 10.2. The van der Waals surface area contributed by atoms with Crippen LogP contribution < -0.4 is 15.7 Å². The molecule has 32 heavy (non-hydrogen) atoms. The number of ether oxygens (including phenoxy) is 1. The summed E-state index contributed by atoms with van der Waals surface area (Å²) in [7, 11) is 0. The lowest BCUT2D eigenvalue weighted by molar-refractivity contribution is -0.386. The van der Waals surface area contributed by atoms with E-state index in [2.05, 4.69) is 30.8 Å². The van der Waals surface area contributed by atoms with Gasteiger partial charge >= 0.3 is 5.69 Å². The topological polar surface area (TPSA) is 191 Å². The number of benzene rings is 1. The van der Waals surface area contributed by atoms with Crippen molar-refractivity contribution in [3.63, 3.8) is 0 Å². The minimum Gasteiger partial charge on any atom is -0.500 e. The molecule has 14 nitrogen and oxygen atoms in total. The number of phenols is 1. The summed E-state index contributed by atoms with van der Waals surface area (Å²) >= 11 is 0. The van der Waals surface area contributed by atoms with Crippen molar-refractivity contribution < 1.29 is 19.6 Å². The third-order valence-electron chi connectivity index (χ3n) is 4.07. The zero-order valence-corrected chi connectivity index (χ0v) is 17.2. The number of aromatic nitrogens is 5. The number of aromatic hydroxyl groups is 1. The molecule has 0 aliphatic heterocycles. The number of hydrogen-bond acceptors (Lipinski definition) is 10. The van der Waals surface area contributed by atoms with Crippen LogP contribution in [0.15, 0.2) is 28.1 Å². The molecule has 2 aromatic heterocycles. The molecular weight excluding hydrogens is 424 g/mol. The monoisotopic (exact) mass is 442 g/mol. The Balaban J connectivity index is 1.86. The van der Waals surface area contributed by atoms with Crippen molar-refractivity contribution in [3.05, 3.63) is 61.3 Å². The Morgan fingerprint density at radius 3 is 2.78 bits per heavy atom. The number of nitro groups is 1. The van der Waals surface area contributed by atoms with Crippen LogP contribution in [0.1, 0.15) is 34.4 Å². The summed E-state index contributed by atoms with van der Waals surface area (Å²) in [6.07, 6.45) is 1.15. The number of hydrazone groups is 1. The van der Waals surface area contributed by atoms with E-state index in [-0.39, 0.29) is 35.3 Å². The van der Waals surface area contributed by atoms with Crippen LogP contribution in [0.4, 0.5) is 5.69 Å². The van der Waals surface area contributed by atoms with Crippen molar-refractivity contribution in [1.82, 2.24) is 30.4 Å². The molecule has 3 aromatic rings. The lowest BCUT2D eigenvalue weighted by Gasteiger charge is -2.07. The number of phenolic OH excluding ortho intramolecular Hbond substituents is 1. The molecule has 3 N–H and O–H groups in total. The third-order valence-corrected chi connectivity index (χ3v) is 4.07. The zero-order valence-electron chi connectivity index (χ0n) is 17.2. The first-order chi connectivity index (χ1) is 15.2. The summed E-state index contributed by atoms with van der Waals surface area (Å²) in [5.41, 5.74) is 2.06. The van der Waals surface area contributed by atoms with E-state index < -0.39 is 27.8 Å². The van der Waals surface area contributed by atoms with E-state index in [4.69, 9.17) is 4.74 Å². The summed E-state index contributed by atoms with van der Waals surface area (Å²) in [4.78, 5) is 37.3. The maximum absolute atomic E-state index is 12.6. The number of aromatic amines is 1. The first kappa shape index (κ1) is 22.1. The molecule has 0 aliphatic carbocycles. The van der Waals surface area contributed by atoms with E-state index in [0.29, 0.717) is 5.69 Å². The number of carbonyl (C=O) groups is 1. The third kappa shape index (κ3) is 4.58. The van der Waals surface area contributed by atoms with E-state index in [0.717, 1.165) is 17.0 Å². The van der Waals surface area contributed by atoms with Crippen LogP contribution in [-0.4, -0.2) is 53.7 Å². The molecule has 14 heteroatoms. The highest BCUT2D eigenvalue weighted by atomic mass is 16.6. The van der Waals surface area contributed by atoms with Crippen LogP contribution in [0.3, 0.4) is 0 Å². The molecule has 0 spiro atoms. The van der Waals surface area contributed by atoms with E-state index in [1.807, 2.05) is 0 Å². The molecule has 0 fully saturated rings. The number of carbonyl (C=O) groups excluding carboxylic acids is 1. The molecule has 0 saturated heterocycles. The first-order valence-corrected chi connectivity index (χ1v) is 9.19. The fourth-order valence-electron chi connectivity index (χ4n) is 2.62. The quantitative estimate of drug-likeness (QED) is 0.269. The number of hydrogen-bond donors (Lipinski definition) is 3. The van der Waals surface area contributed by atoms with E-state index in [1.165, 1.54) is 19.1 Å². The molecule has 1 aromatic carbocycles. The average Bonchev–Trinajstić information content (AvgIpc) is 3.14. The predicted molar refractivity (Wildman–Crippen MR) is 110 cm³/mol. The standard InChI is InChI=1S/C18H18N8O6/c1-4-32-14-7-11(6-12(15(14)27)26(30)31)8-19-22-17(29)13-5-9(2)24-25(13)18-20-16(28)10(3)21-23-18/h5-8,27H,4H2,1-3H3,(H,22,29)(H,20,23,28)/b19-8-. The number of nitrogens with zero attached hydrogens (tertiary/aromatic N) is 6. The Morgan fingerprint density at radius 2 is 2.12 bits per heavy atom. The zero-order chi connectivity index (χ0) is 23.4. The van der Waals surface area contributed by atoms with Gasteiger partial charge in [-0.15, -0.1) is 10.2 Å². The van der Waals surface area contributed by atoms with Gasteiger partial charge in [0.05, 0.1) is 23.4 Å². The number of H-pyrrole nitrogens is 1. The van der Waals surface area contributed by atoms with Crippen molar-refractivity contribution in [2.24, 2.45) is 5.10 Å². The Hall–Kier alpha value is -4.62. The Morgan fingerprint density at radius 1 is 1.38 bits per heavy atom. The highest BCUT2D eigenvalue weighted by Gasteiger charge is 2.20. The van der Waals surface area contributed by atoms with Crippen LogP contribution in [0, 0.1) is 24.0 Å². The molecule has 0 bridgehead atoms. The van der Waals surface area contributed by atoms with Gasteiger partial charge in [-0.1, -0.05) is 0 Å². The second kappa shape index (κ2) is 9.03. The Bertz CT molecular complexity index is 1280. The van der Waals surface area contributed by atoms with Crippen molar-refractivity contribution in [2.75, 3.05) is 6.61 Å². The van der Waals surface area contributed by atoms with E-state index >= 15 is 0 Å². The predicted octanol–water partition coefficient (Wildman–Crippen LogP) is 0.744. The number of amides is 1. The largest absolute Gasteiger partial charge is 0.500 e. The maximum atomic E-state index is 12.6. The SMILES string of the molecule is CCOc1cc(/C=N\NC(=O)c2cc(C)nn2-c2nnc(C)c(=O)[nH]2)cc([N+](=O)[O-])c1O. The first-order valence-electron chi connectivity index (χ1n) is 9.19. The molecular formula is C18H18N8O6. The highest BCUT2D eigenvalue weighted by molar-refractivity contribution is 5.94. The van der Waals surface area contributed by atoms with Gasteiger partial charge in [0.25, 0.3) is 17.4 Å². The van der Waals surface area contributed by atoms with Gasteiger partial charge in [0, 0.05) is 11.6 Å². The molecule has 3 rings (SSSR count). The number of aryl methyl sites for hydroxylation is 2. The molecule has 0 saturated carbocycles. The number of nitrogens with one attached hydrogen (secondary N) is 2. The molecule has 166 valence electrons. The van der Waals surface area contributed by atoms with Crippen molar-refractivity contribution in [2.45, 2.75) is 20.8 Å². The summed E-state index contributed by atoms with van der Waals surface area (Å²) in [5.74, 6) is -1.45. The van der Waals surface area contributed by atoms with Crippen LogP contribution in [-0.2, 0) is 0 Å². The summed E-state index contributed by atoms with van der Waals surface area (Å²) in [6, 6.07) is 3.86. The average molecular weight is 442 g/mol. The van der Waals surface area contributed by atoms with Crippen LogP contribution in [0.25, 0.3) is 5.95 Å². The molecule has 2 heterocycles. The van der Waals surface area contributed by atoms with Crippen molar-refractivity contribution >= 4 is 17.8 Å². The second-order valence-corrected chi connectivity index (χ2v) is 6.42. The second-order valence-electron chi connectivity index (χ2n) is 6.42. The van der Waals surface area contributed by atoms with Gasteiger partial charge in [-0.25, -0.2) is 5.43 Å². The number of rotatable bonds is 7. The molecule has 0 unspecified atom stereocenters. The van der Waals surface area contributed by atoms with Crippen LogP contribution in [0.5, 0.6) is 11.5 Å². The molecule has 0 atom stereocenters. The van der Waals surface area contributed by atoms with Crippen LogP contribution >= 0.6 is 0 Å². The molecule has 0 radical (unpaired) electrons. The minimum absolute atomic E-state index is 0.0140. The van der Waals surface area contributed by atoms with Gasteiger partial charge in [-0.3, -0.25) is 24.7 Å². The van der Waals surface area contributed by atoms with E-state index in [1.54, 1.807) is 13.8 Å². The van der Waals surface area contributed by atoms with Gasteiger partial charge in [0.2, 0.25) is 5.75 Å². The lowest BCUT2D eigenvalue weighted by Crippen LogP contribution is -2.24. The number of nitro benzene ring substituents is 1. The Kier molecular flexibility index (Phi) is 6.23. The van der Waals surface area contributed by atoms with Gasteiger partial charge in [0.15, 0.2) is 5.75 Å². The van der Waals surface area contributed by atoms with Gasteiger partial charge in [-0.05, 0) is 32.9 Å². The highest BCUT2D eigenvalue weighted by Crippen LogP contribution is 2.36. The van der Waals surface area contributed by atoms with E-state index in [9.17, 15) is 24.8 Å². The molecule has 0 aliphatic rings. The minimum atomic E-state index is -0.765.